The second-order valence-electron chi connectivity index (χ2n) is 4.09. The van der Waals surface area contributed by atoms with Crippen LogP contribution in [0, 0.1) is 0 Å². The first-order valence-electron chi connectivity index (χ1n) is 6.60. The molecule has 2 rings (SSSR count). The lowest BCUT2D eigenvalue weighted by Crippen LogP contribution is -2.11. The van der Waals surface area contributed by atoms with Gasteiger partial charge in [-0.2, -0.15) is 0 Å². The molecule has 0 fully saturated rings. The molecule has 21 heavy (non-hydrogen) atoms. The van der Waals surface area contributed by atoms with E-state index in [1.165, 1.54) is 0 Å². The highest BCUT2D eigenvalue weighted by Gasteiger charge is 2.12. The number of halogens is 1. The summed E-state index contributed by atoms with van der Waals surface area (Å²) in [5.74, 6) is 1.15. The van der Waals surface area contributed by atoms with E-state index in [0.717, 1.165) is 0 Å². The second kappa shape index (κ2) is 7.17. The van der Waals surface area contributed by atoms with E-state index in [4.69, 9.17) is 13.9 Å². The Bertz CT molecular complexity index is 624. The molecule has 1 heterocycles. The van der Waals surface area contributed by atoms with Gasteiger partial charge in [0.05, 0.1) is 13.2 Å². The molecule has 0 aliphatic rings. The van der Waals surface area contributed by atoms with E-state index in [1.807, 2.05) is 13.8 Å². The fraction of sp³-hybridized carbons (Fsp3) is 0.267. The van der Waals surface area contributed by atoms with Crippen LogP contribution in [0.2, 0.25) is 0 Å². The van der Waals surface area contributed by atoms with Crippen molar-refractivity contribution in [2.24, 2.45) is 0 Å². The number of anilines is 1. The summed E-state index contributed by atoms with van der Waals surface area (Å²) in [6, 6.07) is 8.51. The quantitative estimate of drug-likeness (QED) is 0.849. The zero-order valence-electron chi connectivity index (χ0n) is 11.8. The number of carbonyl (C=O) groups excluding carboxylic acids is 1. The minimum atomic E-state index is -0.327. The van der Waals surface area contributed by atoms with Crippen LogP contribution in [0.1, 0.15) is 24.4 Å². The van der Waals surface area contributed by atoms with Crippen LogP contribution in [0.3, 0.4) is 0 Å². The van der Waals surface area contributed by atoms with Crippen LogP contribution in [-0.2, 0) is 0 Å². The van der Waals surface area contributed by atoms with Gasteiger partial charge in [-0.1, -0.05) is 0 Å². The van der Waals surface area contributed by atoms with Crippen molar-refractivity contribution >= 4 is 27.5 Å². The predicted octanol–water partition coefficient (Wildman–Crippen LogP) is 4.09. The van der Waals surface area contributed by atoms with Gasteiger partial charge in [0.25, 0.3) is 5.91 Å². The molecule has 1 aromatic heterocycles. The lowest BCUT2D eigenvalue weighted by molar-refractivity contribution is 0.0995. The highest BCUT2D eigenvalue weighted by atomic mass is 79.9. The molecule has 2 aromatic rings. The molecule has 1 amide bonds. The van der Waals surface area contributed by atoms with E-state index >= 15 is 0 Å². The molecule has 0 aliphatic heterocycles. The fourth-order valence-corrected chi connectivity index (χ4v) is 2.06. The van der Waals surface area contributed by atoms with Gasteiger partial charge in [0.15, 0.2) is 21.9 Å². The molecular formula is C15H16BrNO4. The molecule has 0 atom stereocenters. The van der Waals surface area contributed by atoms with Gasteiger partial charge in [0, 0.05) is 11.8 Å². The Morgan fingerprint density at radius 1 is 1.14 bits per heavy atom. The average Bonchev–Trinajstić information content (AvgIpc) is 2.89. The Hall–Kier alpha value is -1.95. The van der Waals surface area contributed by atoms with E-state index in [9.17, 15) is 4.79 Å². The highest BCUT2D eigenvalue weighted by Crippen LogP contribution is 2.31. The molecule has 6 heteroatoms. The lowest BCUT2D eigenvalue weighted by Gasteiger charge is -2.12. The summed E-state index contributed by atoms with van der Waals surface area (Å²) >= 11 is 3.16. The number of ether oxygens (including phenoxy) is 2. The first-order valence-corrected chi connectivity index (χ1v) is 7.39. The third kappa shape index (κ3) is 4.01. The topological polar surface area (TPSA) is 60.7 Å². The normalized spacial score (nSPS) is 10.2. The van der Waals surface area contributed by atoms with Crippen molar-refractivity contribution in [3.8, 4) is 11.5 Å². The van der Waals surface area contributed by atoms with E-state index in [0.29, 0.717) is 35.1 Å². The molecule has 0 radical (unpaired) electrons. The zero-order chi connectivity index (χ0) is 15.2. The molecule has 0 saturated heterocycles. The maximum Gasteiger partial charge on any atom is 0.291 e. The van der Waals surface area contributed by atoms with Crippen molar-refractivity contribution < 1.29 is 18.7 Å². The van der Waals surface area contributed by atoms with Gasteiger partial charge in [-0.3, -0.25) is 4.79 Å². The Kier molecular flexibility index (Phi) is 5.27. The third-order valence-corrected chi connectivity index (χ3v) is 3.02. The number of amides is 1. The maximum absolute atomic E-state index is 12.0. The van der Waals surface area contributed by atoms with Crippen molar-refractivity contribution in [3.63, 3.8) is 0 Å². The first kappa shape index (κ1) is 15.4. The van der Waals surface area contributed by atoms with E-state index in [1.54, 1.807) is 30.3 Å². The SMILES string of the molecule is CCOc1ccc(NC(=O)c2ccc(Br)o2)cc1OCC. The van der Waals surface area contributed by atoms with Gasteiger partial charge in [-0.25, -0.2) is 0 Å². The molecule has 1 aromatic carbocycles. The van der Waals surface area contributed by atoms with Crippen molar-refractivity contribution in [1.29, 1.82) is 0 Å². The number of carbonyl (C=O) groups is 1. The van der Waals surface area contributed by atoms with Crippen LogP contribution in [0.4, 0.5) is 5.69 Å². The summed E-state index contributed by atoms with van der Waals surface area (Å²) in [5, 5.41) is 2.75. The monoisotopic (exact) mass is 353 g/mol. The molecule has 0 unspecified atom stereocenters. The minimum Gasteiger partial charge on any atom is -0.490 e. The second-order valence-corrected chi connectivity index (χ2v) is 4.87. The van der Waals surface area contributed by atoms with Gasteiger partial charge in [-0.15, -0.1) is 0 Å². The Labute approximate surface area is 131 Å². The standard InChI is InChI=1S/C15H16BrNO4/c1-3-19-11-6-5-10(9-13(11)20-4-2)17-15(18)12-7-8-14(16)21-12/h5-9H,3-4H2,1-2H3,(H,17,18). The van der Waals surface area contributed by atoms with Crippen LogP contribution in [0.15, 0.2) is 39.4 Å². The van der Waals surface area contributed by atoms with Crippen LogP contribution < -0.4 is 14.8 Å². The largest absolute Gasteiger partial charge is 0.490 e. The van der Waals surface area contributed by atoms with Gasteiger partial charge in [0.1, 0.15) is 0 Å². The smallest absolute Gasteiger partial charge is 0.291 e. The van der Waals surface area contributed by atoms with Crippen LogP contribution in [0.25, 0.3) is 0 Å². The summed E-state index contributed by atoms with van der Waals surface area (Å²) in [6.45, 7) is 4.86. The van der Waals surface area contributed by atoms with Gasteiger partial charge >= 0.3 is 0 Å². The summed E-state index contributed by atoms with van der Waals surface area (Å²) in [6.07, 6.45) is 0. The fourth-order valence-electron chi connectivity index (χ4n) is 1.76. The summed E-state index contributed by atoms with van der Waals surface area (Å²) in [4.78, 5) is 12.0. The maximum atomic E-state index is 12.0. The van der Waals surface area contributed by atoms with Crippen LogP contribution in [0.5, 0.6) is 11.5 Å². The summed E-state index contributed by atoms with van der Waals surface area (Å²) < 4.78 is 16.7. The van der Waals surface area contributed by atoms with Crippen molar-refractivity contribution in [2.45, 2.75) is 13.8 Å². The minimum absolute atomic E-state index is 0.230. The Morgan fingerprint density at radius 3 is 2.48 bits per heavy atom. The average molecular weight is 354 g/mol. The Balaban J connectivity index is 2.16. The zero-order valence-corrected chi connectivity index (χ0v) is 13.4. The van der Waals surface area contributed by atoms with E-state index in [-0.39, 0.29) is 11.7 Å². The molecule has 112 valence electrons. The summed E-state index contributed by atoms with van der Waals surface area (Å²) in [7, 11) is 0. The van der Waals surface area contributed by atoms with Gasteiger partial charge in [0.2, 0.25) is 0 Å². The number of furan rings is 1. The van der Waals surface area contributed by atoms with E-state index in [2.05, 4.69) is 21.2 Å². The van der Waals surface area contributed by atoms with Gasteiger partial charge < -0.3 is 19.2 Å². The molecule has 5 nitrogen and oxygen atoms in total. The molecule has 0 saturated carbocycles. The first-order chi connectivity index (χ1) is 10.1. The predicted molar refractivity (Wildman–Crippen MR) is 83.1 cm³/mol. The Morgan fingerprint density at radius 2 is 1.86 bits per heavy atom. The number of hydrogen-bond acceptors (Lipinski definition) is 4. The highest BCUT2D eigenvalue weighted by molar-refractivity contribution is 9.10. The molecule has 0 bridgehead atoms. The van der Waals surface area contributed by atoms with Crippen molar-refractivity contribution in [1.82, 2.24) is 0 Å². The molecular weight excluding hydrogens is 338 g/mol. The number of nitrogens with one attached hydrogen (secondary N) is 1. The van der Waals surface area contributed by atoms with Crippen molar-refractivity contribution in [3.05, 3.63) is 40.8 Å². The van der Waals surface area contributed by atoms with Crippen LogP contribution in [-0.4, -0.2) is 19.1 Å². The lowest BCUT2D eigenvalue weighted by atomic mass is 10.2. The number of benzene rings is 1. The molecule has 1 N–H and O–H groups in total. The third-order valence-electron chi connectivity index (χ3n) is 2.60. The summed E-state index contributed by atoms with van der Waals surface area (Å²) in [5.41, 5.74) is 0.611. The van der Waals surface area contributed by atoms with E-state index < -0.39 is 0 Å². The molecule has 0 spiro atoms. The van der Waals surface area contributed by atoms with Crippen LogP contribution >= 0.6 is 15.9 Å². The van der Waals surface area contributed by atoms with Crippen molar-refractivity contribution in [2.75, 3.05) is 18.5 Å². The molecule has 0 aliphatic carbocycles. The number of rotatable bonds is 6. The van der Waals surface area contributed by atoms with Gasteiger partial charge in [-0.05, 0) is 54.0 Å². The number of hydrogen-bond donors (Lipinski definition) is 1.